The molecule has 1 saturated carbocycles. The Morgan fingerprint density at radius 3 is 2.46 bits per heavy atom. The lowest BCUT2D eigenvalue weighted by atomic mass is 10.1. The van der Waals surface area contributed by atoms with Crippen LogP contribution >= 0.6 is 0 Å². The summed E-state index contributed by atoms with van der Waals surface area (Å²) in [4.78, 5) is 25.3. The van der Waals surface area contributed by atoms with E-state index in [9.17, 15) is 4.79 Å². The second-order valence-corrected chi connectivity index (χ2v) is 9.64. The highest BCUT2D eigenvalue weighted by atomic mass is 19.1. The Bertz CT molecular complexity index is 1390. The van der Waals surface area contributed by atoms with Crippen molar-refractivity contribution in [3.63, 3.8) is 0 Å². The van der Waals surface area contributed by atoms with E-state index in [1.54, 1.807) is 6.07 Å². The molecule has 5 rings (SSSR count). The van der Waals surface area contributed by atoms with Gasteiger partial charge in [0.2, 0.25) is 5.91 Å². The summed E-state index contributed by atoms with van der Waals surface area (Å²) in [6.45, 7) is 6.26. The van der Waals surface area contributed by atoms with Gasteiger partial charge in [0.15, 0.2) is 29.0 Å². The van der Waals surface area contributed by atoms with Gasteiger partial charge in [0.1, 0.15) is 11.6 Å². The molecule has 0 bridgehead atoms. The summed E-state index contributed by atoms with van der Waals surface area (Å²) in [5.74, 6) is -1.31. The van der Waals surface area contributed by atoms with Crippen LogP contribution in [0.25, 0.3) is 22.3 Å². The standard InChI is InChI=1S/C27H30F2N6O4/c1-5-22(36)33-18-12-39-11-17(18)32-21-8-15-16(10-30-21)34-27(35-26(15)31-13(2)14-6-7-14)23-24(28)19(37-3)9-20(38-4)25(23)29/h5,8-10,13-14,17-18H,1,6-7,11-12H2,2-4H3,(H,30,32)(H,33,36)(H,31,34,35)/t13-,17+,18-/m0/s1. The molecule has 1 aromatic carbocycles. The number of hydrogen-bond donors (Lipinski definition) is 3. The Kier molecular flexibility index (Phi) is 7.47. The molecule has 10 nitrogen and oxygen atoms in total. The molecule has 1 aliphatic carbocycles. The Morgan fingerprint density at radius 1 is 1.13 bits per heavy atom. The Labute approximate surface area is 224 Å². The smallest absolute Gasteiger partial charge is 0.243 e. The fourth-order valence-electron chi connectivity index (χ4n) is 4.61. The number of amides is 1. The number of hydrogen-bond acceptors (Lipinski definition) is 9. The van der Waals surface area contributed by atoms with Crippen LogP contribution in [-0.4, -0.2) is 66.4 Å². The van der Waals surface area contributed by atoms with Crippen LogP contribution in [0.3, 0.4) is 0 Å². The van der Waals surface area contributed by atoms with E-state index in [1.807, 2.05) is 6.92 Å². The number of halogens is 2. The lowest BCUT2D eigenvalue weighted by molar-refractivity contribution is -0.117. The number of aromatic nitrogens is 3. The molecular formula is C27H30F2N6O4. The SMILES string of the molecule is C=CC(=O)N[C@H]1COC[C@H]1Nc1cc2c(N[C@@H](C)C3CC3)nc(-c3c(F)c(OC)cc(OC)c3F)nc2cn1. The van der Waals surface area contributed by atoms with Gasteiger partial charge in [0, 0.05) is 17.5 Å². The third kappa shape index (κ3) is 5.42. The largest absolute Gasteiger partial charge is 0.494 e. The Balaban J connectivity index is 1.56. The van der Waals surface area contributed by atoms with E-state index in [2.05, 4.69) is 37.5 Å². The van der Waals surface area contributed by atoms with Crippen LogP contribution in [0.15, 0.2) is 31.0 Å². The molecule has 1 aliphatic heterocycles. The molecule has 0 radical (unpaired) electrons. The summed E-state index contributed by atoms with van der Waals surface area (Å²) in [6.07, 6.45) is 4.90. The van der Waals surface area contributed by atoms with Crippen molar-refractivity contribution in [3.8, 4) is 22.9 Å². The average molecular weight is 541 g/mol. The minimum atomic E-state index is -0.934. The molecule has 2 aromatic heterocycles. The Morgan fingerprint density at radius 2 is 1.82 bits per heavy atom. The topological polar surface area (TPSA) is 120 Å². The summed E-state index contributed by atoms with van der Waals surface area (Å²) in [5, 5.41) is 10.2. The zero-order valence-corrected chi connectivity index (χ0v) is 21.9. The fourth-order valence-corrected chi connectivity index (χ4v) is 4.61. The van der Waals surface area contributed by atoms with E-state index in [0.29, 0.717) is 41.7 Å². The van der Waals surface area contributed by atoms with E-state index in [4.69, 9.17) is 14.2 Å². The first-order valence-corrected chi connectivity index (χ1v) is 12.6. The molecule has 206 valence electrons. The van der Waals surface area contributed by atoms with Crippen LogP contribution in [0.5, 0.6) is 11.5 Å². The first-order chi connectivity index (χ1) is 18.8. The van der Waals surface area contributed by atoms with Crippen molar-refractivity contribution < 1.29 is 27.8 Å². The molecule has 2 aliphatic rings. The highest BCUT2D eigenvalue weighted by molar-refractivity contribution is 5.92. The number of rotatable bonds is 10. The van der Waals surface area contributed by atoms with Gasteiger partial charge < -0.3 is 30.2 Å². The first-order valence-electron chi connectivity index (χ1n) is 12.6. The van der Waals surface area contributed by atoms with Crippen molar-refractivity contribution in [1.29, 1.82) is 0 Å². The van der Waals surface area contributed by atoms with Crippen molar-refractivity contribution in [2.75, 3.05) is 38.1 Å². The number of nitrogens with one attached hydrogen (secondary N) is 3. The summed E-state index contributed by atoms with van der Waals surface area (Å²) in [6, 6.07) is 2.49. The highest BCUT2D eigenvalue weighted by Gasteiger charge is 2.31. The number of nitrogens with zero attached hydrogens (tertiary/aromatic N) is 3. The van der Waals surface area contributed by atoms with Crippen molar-refractivity contribution in [2.24, 2.45) is 5.92 Å². The molecule has 1 amide bonds. The monoisotopic (exact) mass is 540 g/mol. The van der Waals surface area contributed by atoms with Gasteiger partial charge in [0.25, 0.3) is 0 Å². The van der Waals surface area contributed by atoms with Crippen molar-refractivity contribution in [1.82, 2.24) is 20.3 Å². The summed E-state index contributed by atoms with van der Waals surface area (Å²) >= 11 is 0. The molecule has 1 saturated heterocycles. The molecule has 0 spiro atoms. The third-order valence-corrected chi connectivity index (χ3v) is 7.00. The van der Waals surface area contributed by atoms with Gasteiger partial charge in [-0.25, -0.2) is 23.7 Å². The van der Waals surface area contributed by atoms with Gasteiger partial charge >= 0.3 is 0 Å². The zero-order valence-electron chi connectivity index (χ0n) is 21.9. The fraction of sp³-hybridized carbons (Fsp3) is 0.407. The summed E-state index contributed by atoms with van der Waals surface area (Å²) < 4.78 is 46.4. The molecule has 3 atom stereocenters. The number of methoxy groups -OCH3 is 2. The zero-order chi connectivity index (χ0) is 27.7. The van der Waals surface area contributed by atoms with E-state index in [-0.39, 0.29) is 41.4 Å². The van der Waals surface area contributed by atoms with Gasteiger partial charge in [-0.15, -0.1) is 0 Å². The maximum absolute atomic E-state index is 15.3. The first kappa shape index (κ1) is 26.5. The van der Waals surface area contributed by atoms with Gasteiger partial charge in [-0.2, -0.15) is 0 Å². The number of fused-ring (bicyclic) bond motifs is 1. The molecule has 12 heteroatoms. The van der Waals surface area contributed by atoms with Crippen LogP contribution in [0.2, 0.25) is 0 Å². The van der Waals surface area contributed by atoms with Crippen molar-refractivity contribution in [2.45, 2.75) is 37.9 Å². The summed E-state index contributed by atoms with van der Waals surface area (Å²) in [5.41, 5.74) is -0.0721. The number of carbonyl (C=O) groups excluding carboxylic acids is 1. The predicted octanol–water partition coefficient (Wildman–Crippen LogP) is 3.68. The normalized spacial score (nSPS) is 19.4. The molecule has 2 fully saturated rings. The number of benzene rings is 1. The molecule has 0 unspecified atom stereocenters. The quantitative estimate of drug-likeness (QED) is 0.331. The number of pyridine rings is 1. The minimum Gasteiger partial charge on any atom is -0.494 e. The van der Waals surface area contributed by atoms with Crippen LogP contribution in [0.4, 0.5) is 20.4 Å². The Hall–Kier alpha value is -4.06. The second kappa shape index (κ2) is 11.0. The van der Waals surface area contributed by atoms with Crippen molar-refractivity contribution in [3.05, 3.63) is 42.6 Å². The van der Waals surface area contributed by atoms with E-state index >= 15 is 8.78 Å². The van der Waals surface area contributed by atoms with Crippen LogP contribution in [0, 0.1) is 17.6 Å². The molecule has 3 aromatic rings. The molecule has 39 heavy (non-hydrogen) atoms. The van der Waals surface area contributed by atoms with Crippen LogP contribution in [-0.2, 0) is 9.53 Å². The van der Waals surface area contributed by atoms with Gasteiger partial charge in [-0.3, -0.25) is 4.79 Å². The lowest BCUT2D eigenvalue weighted by Gasteiger charge is -2.21. The highest BCUT2D eigenvalue weighted by Crippen LogP contribution is 2.39. The van der Waals surface area contributed by atoms with Crippen LogP contribution < -0.4 is 25.4 Å². The maximum Gasteiger partial charge on any atom is 0.243 e. The summed E-state index contributed by atoms with van der Waals surface area (Å²) in [7, 11) is 2.57. The minimum absolute atomic E-state index is 0.0804. The third-order valence-electron chi connectivity index (χ3n) is 7.00. The van der Waals surface area contributed by atoms with E-state index in [0.717, 1.165) is 18.9 Å². The molecule has 3 heterocycles. The number of carbonyl (C=O) groups is 1. The predicted molar refractivity (Wildman–Crippen MR) is 142 cm³/mol. The second-order valence-electron chi connectivity index (χ2n) is 9.64. The van der Waals surface area contributed by atoms with Crippen molar-refractivity contribution >= 4 is 28.4 Å². The van der Waals surface area contributed by atoms with Crippen LogP contribution in [0.1, 0.15) is 19.8 Å². The van der Waals surface area contributed by atoms with Gasteiger partial charge in [-0.1, -0.05) is 6.58 Å². The van der Waals surface area contributed by atoms with Gasteiger partial charge in [-0.05, 0) is 37.8 Å². The maximum atomic E-state index is 15.3. The van der Waals surface area contributed by atoms with E-state index in [1.165, 1.54) is 26.5 Å². The van der Waals surface area contributed by atoms with Gasteiger partial charge in [0.05, 0.1) is 56.8 Å². The lowest BCUT2D eigenvalue weighted by Crippen LogP contribution is -2.45. The number of anilines is 2. The molecule has 3 N–H and O–H groups in total. The van der Waals surface area contributed by atoms with E-state index < -0.39 is 17.2 Å². The number of ether oxygens (including phenoxy) is 3. The molecular weight excluding hydrogens is 510 g/mol. The average Bonchev–Trinajstić information content (AvgIpc) is 3.70.